The van der Waals surface area contributed by atoms with Gasteiger partial charge in [-0.2, -0.15) is 0 Å². The van der Waals surface area contributed by atoms with Gasteiger partial charge < -0.3 is 15.1 Å². The van der Waals surface area contributed by atoms with Gasteiger partial charge >= 0.3 is 0 Å². The van der Waals surface area contributed by atoms with Crippen LogP contribution in [0.2, 0.25) is 0 Å². The van der Waals surface area contributed by atoms with Gasteiger partial charge in [-0.05, 0) is 40.1 Å². The minimum atomic E-state index is -0.541. The van der Waals surface area contributed by atoms with Crippen LogP contribution in [0, 0.1) is 0 Å². The van der Waals surface area contributed by atoms with Gasteiger partial charge in [-0.15, -0.1) is 0 Å². The van der Waals surface area contributed by atoms with Gasteiger partial charge in [0.15, 0.2) is 0 Å². The number of anilines is 2. The standard InChI is InChI=1S/C14H21N3O/c1-14(2)13(18)17(10-9-16(3)4)12-8-6-5-7-11(12)15-14/h5-8,15H,9-10H2,1-4H3. The molecule has 0 spiro atoms. The minimum Gasteiger partial charge on any atom is -0.370 e. The lowest BCUT2D eigenvalue weighted by atomic mass is 9.98. The van der Waals surface area contributed by atoms with Gasteiger partial charge in [0.25, 0.3) is 5.91 Å². The Morgan fingerprint density at radius 2 is 1.94 bits per heavy atom. The maximum absolute atomic E-state index is 12.5. The summed E-state index contributed by atoms with van der Waals surface area (Å²) >= 11 is 0. The van der Waals surface area contributed by atoms with Gasteiger partial charge in [0.1, 0.15) is 5.54 Å². The lowest BCUT2D eigenvalue weighted by Crippen LogP contribution is -2.55. The maximum atomic E-state index is 12.5. The van der Waals surface area contributed by atoms with Crippen molar-refractivity contribution in [2.45, 2.75) is 19.4 Å². The molecule has 98 valence electrons. The highest BCUT2D eigenvalue weighted by molar-refractivity contribution is 6.07. The minimum absolute atomic E-state index is 0.128. The topological polar surface area (TPSA) is 35.6 Å². The molecule has 0 atom stereocenters. The number of amides is 1. The molecule has 1 aromatic rings. The van der Waals surface area contributed by atoms with Crippen LogP contribution in [0.15, 0.2) is 24.3 Å². The number of nitrogens with zero attached hydrogens (tertiary/aromatic N) is 2. The number of carbonyl (C=O) groups excluding carboxylic acids is 1. The number of nitrogens with one attached hydrogen (secondary N) is 1. The molecule has 0 unspecified atom stereocenters. The molecular formula is C14H21N3O. The Labute approximate surface area is 109 Å². The molecule has 1 N–H and O–H groups in total. The maximum Gasteiger partial charge on any atom is 0.252 e. The Bertz CT molecular complexity index is 454. The largest absolute Gasteiger partial charge is 0.370 e. The lowest BCUT2D eigenvalue weighted by molar-refractivity contribution is -0.122. The van der Waals surface area contributed by atoms with Crippen molar-refractivity contribution in [1.29, 1.82) is 0 Å². The van der Waals surface area contributed by atoms with E-state index < -0.39 is 5.54 Å². The molecule has 4 nitrogen and oxygen atoms in total. The first-order valence-electron chi connectivity index (χ1n) is 6.26. The molecule has 0 aliphatic carbocycles. The Balaban J connectivity index is 2.33. The summed E-state index contributed by atoms with van der Waals surface area (Å²) in [6.45, 7) is 5.42. The lowest BCUT2D eigenvalue weighted by Gasteiger charge is -2.40. The number of hydrogen-bond acceptors (Lipinski definition) is 3. The van der Waals surface area contributed by atoms with Gasteiger partial charge in [-0.3, -0.25) is 4.79 Å². The molecule has 0 saturated carbocycles. The van der Waals surface area contributed by atoms with Crippen LogP contribution in [0.3, 0.4) is 0 Å². The normalized spacial score (nSPS) is 17.6. The van der Waals surface area contributed by atoms with Crippen LogP contribution < -0.4 is 10.2 Å². The summed E-state index contributed by atoms with van der Waals surface area (Å²) in [6.07, 6.45) is 0. The van der Waals surface area contributed by atoms with Gasteiger partial charge in [-0.1, -0.05) is 12.1 Å². The van der Waals surface area contributed by atoms with E-state index in [1.165, 1.54) is 0 Å². The average Bonchev–Trinajstić information content (AvgIpc) is 2.29. The summed E-state index contributed by atoms with van der Waals surface area (Å²) in [7, 11) is 4.04. The molecule has 0 radical (unpaired) electrons. The fraction of sp³-hybridized carbons (Fsp3) is 0.500. The molecule has 0 aromatic heterocycles. The smallest absolute Gasteiger partial charge is 0.252 e. The predicted molar refractivity (Wildman–Crippen MR) is 75.1 cm³/mol. The monoisotopic (exact) mass is 247 g/mol. The van der Waals surface area contributed by atoms with E-state index >= 15 is 0 Å². The zero-order valence-electron chi connectivity index (χ0n) is 11.5. The fourth-order valence-corrected chi connectivity index (χ4v) is 2.17. The molecule has 1 aliphatic heterocycles. The molecule has 1 amide bonds. The highest BCUT2D eigenvalue weighted by atomic mass is 16.2. The van der Waals surface area contributed by atoms with Crippen molar-refractivity contribution in [3.63, 3.8) is 0 Å². The summed E-state index contributed by atoms with van der Waals surface area (Å²) < 4.78 is 0. The summed E-state index contributed by atoms with van der Waals surface area (Å²) in [4.78, 5) is 16.4. The molecule has 0 bridgehead atoms. The number of benzene rings is 1. The summed E-state index contributed by atoms with van der Waals surface area (Å²) in [5.74, 6) is 0.128. The van der Waals surface area contributed by atoms with Crippen LogP contribution in [0.1, 0.15) is 13.8 Å². The highest BCUT2D eigenvalue weighted by Crippen LogP contribution is 2.34. The van der Waals surface area contributed by atoms with Crippen molar-refractivity contribution >= 4 is 17.3 Å². The van der Waals surface area contributed by atoms with Crippen molar-refractivity contribution in [1.82, 2.24) is 4.90 Å². The van der Waals surface area contributed by atoms with E-state index in [9.17, 15) is 4.79 Å². The first-order chi connectivity index (χ1) is 8.42. The molecule has 0 fully saturated rings. The highest BCUT2D eigenvalue weighted by Gasteiger charge is 2.38. The summed E-state index contributed by atoms with van der Waals surface area (Å²) in [5, 5.41) is 3.30. The number of carbonyl (C=O) groups is 1. The van der Waals surface area contributed by atoms with Crippen molar-refractivity contribution < 1.29 is 4.79 Å². The fourth-order valence-electron chi connectivity index (χ4n) is 2.17. The van der Waals surface area contributed by atoms with Crippen molar-refractivity contribution in [3.05, 3.63) is 24.3 Å². The number of likely N-dealkylation sites (N-methyl/N-ethyl adjacent to an activating group) is 1. The Hall–Kier alpha value is -1.55. The number of hydrogen-bond donors (Lipinski definition) is 1. The van der Waals surface area contributed by atoms with Crippen molar-refractivity contribution in [2.24, 2.45) is 0 Å². The zero-order chi connectivity index (χ0) is 13.3. The first-order valence-corrected chi connectivity index (χ1v) is 6.26. The predicted octanol–water partition coefficient (Wildman–Crippen LogP) is 1.79. The van der Waals surface area contributed by atoms with Gasteiger partial charge in [-0.25, -0.2) is 0 Å². The van der Waals surface area contributed by atoms with E-state index in [1.807, 2.05) is 57.1 Å². The third kappa shape index (κ3) is 2.34. The second-order valence-corrected chi connectivity index (χ2v) is 5.53. The summed E-state index contributed by atoms with van der Waals surface area (Å²) in [6, 6.07) is 7.97. The second-order valence-electron chi connectivity index (χ2n) is 5.53. The SMILES string of the molecule is CN(C)CCN1C(=O)C(C)(C)Nc2ccccc21. The second kappa shape index (κ2) is 4.61. The van der Waals surface area contributed by atoms with E-state index in [0.717, 1.165) is 17.9 Å². The molecule has 4 heteroatoms. The third-order valence-corrected chi connectivity index (χ3v) is 3.19. The molecule has 0 saturated heterocycles. The first kappa shape index (κ1) is 12.9. The molecule has 18 heavy (non-hydrogen) atoms. The number of para-hydroxylation sites is 2. The number of fused-ring (bicyclic) bond motifs is 1. The van der Waals surface area contributed by atoms with Gasteiger partial charge in [0.05, 0.1) is 11.4 Å². The van der Waals surface area contributed by atoms with Gasteiger partial charge in [0, 0.05) is 13.1 Å². The molecule has 1 aliphatic rings. The molecule has 1 heterocycles. The van der Waals surface area contributed by atoms with E-state index in [2.05, 4.69) is 10.2 Å². The Kier molecular flexibility index (Phi) is 3.30. The van der Waals surface area contributed by atoms with E-state index in [-0.39, 0.29) is 5.91 Å². The van der Waals surface area contributed by atoms with Crippen LogP contribution in [0.5, 0.6) is 0 Å². The van der Waals surface area contributed by atoms with Crippen LogP contribution in [-0.2, 0) is 4.79 Å². The van der Waals surface area contributed by atoms with Crippen molar-refractivity contribution in [3.8, 4) is 0 Å². The van der Waals surface area contributed by atoms with Crippen LogP contribution in [0.4, 0.5) is 11.4 Å². The summed E-state index contributed by atoms with van der Waals surface area (Å²) in [5.41, 5.74) is 1.46. The van der Waals surface area contributed by atoms with E-state index in [0.29, 0.717) is 6.54 Å². The quantitative estimate of drug-likeness (QED) is 0.884. The van der Waals surface area contributed by atoms with Gasteiger partial charge in [0.2, 0.25) is 0 Å². The zero-order valence-corrected chi connectivity index (χ0v) is 11.5. The molecular weight excluding hydrogens is 226 g/mol. The molecule has 1 aromatic carbocycles. The average molecular weight is 247 g/mol. The van der Waals surface area contributed by atoms with Crippen LogP contribution in [0.25, 0.3) is 0 Å². The third-order valence-electron chi connectivity index (χ3n) is 3.19. The van der Waals surface area contributed by atoms with E-state index in [1.54, 1.807) is 0 Å². The molecule has 2 rings (SSSR count). The van der Waals surface area contributed by atoms with Crippen LogP contribution in [-0.4, -0.2) is 43.5 Å². The van der Waals surface area contributed by atoms with Crippen molar-refractivity contribution in [2.75, 3.05) is 37.4 Å². The Morgan fingerprint density at radius 3 is 2.61 bits per heavy atom. The number of rotatable bonds is 3. The Morgan fingerprint density at radius 1 is 1.28 bits per heavy atom. The van der Waals surface area contributed by atoms with Crippen LogP contribution >= 0.6 is 0 Å². The van der Waals surface area contributed by atoms with E-state index in [4.69, 9.17) is 0 Å².